The van der Waals surface area contributed by atoms with Crippen LogP contribution in [0.1, 0.15) is 10.4 Å². The van der Waals surface area contributed by atoms with Gasteiger partial charge in [-0.15, -0.1) is 0 Å². The van der Waals surface area contributed by atoms with Gasteiger partial charge in [0.15, 0.2) is 5.12 Å². The van der Waals surface area contributed by atoms with Crippen molar-refractivity contribution in [3.05, 3.63) is 43.8 Å². The van der Waals surface area contributed by atoms with Crippen LogP contribution in [0, 0.1) is 14.0 Å². The summed E-state index contributed by atoms with van der Waals surface area (Å²) in [6.07, 6.45) is 0. The van der Waals surface area contributed by atoms with Gasteiger partial charge in [0.25, 0.3) is 0 Å². The van der Waals surface area contributed by atoms with Crippen molar-refractivity contribution in [1.29, 1.82) is 0 Å². The monoisotopic (exact) mass is 308 g/mol. The average Bonchev–Trinajstić information content (AvgIpc) is 2.32. The quantitative estimate of drug-likeness (QED) is 0.685. The average molecular weight is 308 g/mol. The Bertz CT molecular complexity index is 436. The van der Waals surface area contributed by atoms with Gasteiger partial charge in [0.1, 0.15) is 0 Å². The Morgan fingerprint density at radius 1 is 1.25 bits per heavy atom. The maximum Gasteiger partial charge on any atom is 0.224 e. The van der Waals surface area contributed by atoms with Crippen LogP contribution in [0.25, 0.3) is 0 Å². The van der Waals surface area contributed by atoms with Gasteiger partial charge in [-0.25, -0.2) is 0 Å². The molecule has 1 aromatic carbocycles. The summed E-state index contributed by atoms with van der Waals surface area (Å²) in [7, 11) is 3.56. The van der Waals surface area contributed by atoms with E-state index in [2.05, 4.69) is 14.0 Å². The van der Waals surface area contributed by atoms with Crippen molar-refractivity contribution in [2.24, 2.45) is 0 Å². The third kappa shape index (κ3) is 2.39. The minimum atomic E-state index is -0.727. The summed E-state index contributed by atoms with van der Waals surface area (Å²) in [5.41, 5.74) is 0.511. The van der Waals surface area contributed by atoms with Crippen LogP contribution in [0.3, 0.4) is 0 Å². The summed E-state index contributed by atoms with van der Waals surface area (Å²) >= 11 is 1.04. The number of hydrogen-bond acceptors (Lipinski definition) is 3. The fraction of sp³-hybridized carbons (Fsp3) is 0.0909. The van der Waals surface area contributed by atoms with Crippen molar-refractivity contribution in [3.63, 3.8) is 0 Å². The molecule has 81 valence electrons. The molecule has 1 aliphatic heterocycles. The molecule has 0 fully saturated rings. The molecule has 0 N–H and O–H groups in total. The summed E-state index contributed by atoms with van der Waals surface area (Å²) in [5, 5.41) is -0.164. The van der Waals surface area contributed by atoms with E-state index in [0.29, 0.717) is 10.5 Å². The van der Waals surface area contributed by atoms with Crippen molar-refractivity contribution in [1.82, 2.24) is 4.90 Å². The molecule has 1 aliphatic rings. The first-order chi connectivity index (χ1) is 7.11. The molecule has 16 heavy (non-hydrogen) atoms. The van der Waals surface area contributed by atoms with Gasteiger partial charge < -0.3 is 11.8 Å². The van der Waals surface area contributed by atoms with Crippen LogP contribution >= 0.6 is 11.8 Å². The Labute approximate surface area is 124 Å². The van der Waals surface area contributed by atoms with Gasteiger partial charge in [-0.3, -0.25) is 16.6 Å². The Kier molecular flexibility index (Phi) is 4.71. The molecule has 1 heterocycles. The molecule has 1 radical (unpaired) electrons. The van der Waals surface area contributed by atoms with Crippen molar-refractivity contribution in [2.75, 3.05) is 0 Å². The van der Waals surface area contributed by atoms with Gasteiger partial charge in [-0.2, -0.15) is 0 Å². The Balaban J connectivity index is 0.00000128. The van der Waals surface area contributed by atoms with E-state index in [-0.39, 0.29) is 43.7 Å². The zero-order valence-corrected chi connectivity index (χ0v) is 12.2. The molecular weight excluding hydrogens is 299 g/mol. The topological polar surface area (TPSA) is 37.4 Å². The number of hydrogen-bond donors (Lipinski definition) is 0. The number of benzene rings is 1. The predicted octanol–water partition coefficient (Wildman–Crippen LogP) is 1.75. The second-order valence-electron chi connectivity index (χ2n) is 3.21. The molecule has 3 nitrogen and oxygen atoms in total. The van der Waals surface area contributed by atoms with Gasteiger partial charge in [0, 0.05) is 37.6 Å². The molecule has 0 saturated carbocycles. The van der Waals surface area contributed by atoms with Gasteiger partial charge in [-0.05, 0) is 12.1 Å². The summed E-state index contributed by atoms with van der Waals surface area (Å²) in [6, 6.07) is 6.27. The third-order valence-electron chi connectivity index (χ3n) is 2.24. The number of fused-ring (bicyclic) bond motifs is 1. The molecule has 1 aromatic rings. The minimum absolute atomic E-state index is 0. The maximum absolute atomic E-state index is 11.9. The number of amides is 1. The van der Waals surface area contributed by atoms with Crippen LogP contribution in [0.4, 0.5) is 0 Å². The van der Waals surface area contributed by atoms with Gasteiger partial charge in [0.05, 0.1) is 5.56 Å². The summed E-state index contributed by atoms with van der Waals surface area (Å²) in [5.74, 6) is -0.260. The van der Waals surface area contributed by atoms with E-state index in [1.807, 2.05) is 0 Å². The van der Waals surface area contributed by atoms with Crippen LogP contribution in [-0.2, 0) is 37.5 Å². The molecule has 0 aliphatic carbocycles. The first kappa shape index (κ1) is 13.9. The Hall–Kier alpha value is -0.186. The molecule has 1 unspecified atom stereocenters. The van der Waals surface area contributed by atoms with Crippen LogP contribution in [0.5, 0.6) is 0 Å². The summed E-state index contributed by atoms with van der Waals surface area (Å²) in [6.45, 7) is 3.63. The van der Waals surface area contributed by atoms with Crippen LogP contribution in [0.2, 0.25) is 0 Å². The molecule has 0 saturated heterocycles. The van der Waals surface area contributed by atoms with Crippen molar-refractivity contribution >= 4 is 22.8 Å². The third-order valence-corrected chi connectivity index (χ3v) is 3.29. The van der Waals surface area contributed by atoms with Gasteiger partial charge in [-0.1, -0.05) is 29.9 Å². The molecule has 0 spiro atoms. The number of carbonyl (C=O) groups excluding carboxylic acids is 2. The van der Waals surface area contributed by atoms with E-state index >= 15 is 0 Å². The normalized spacial score (nSPS) is 19.9. The van der Waals surface area contributed by atoms with Gasteiger partial charge >= 0.3 is 0 Å². The largest absolute Gasteiger partial charge is 0.507 e. The summed E-state index contributed by atoms with van der Waals surface area (Å²) in [4.78, 5) is 25.2. The Morgan fingerprint density at radius 2 is 1.88 bits per heavy atom. The predicted molar refractivity (Wildman–Crippen MR) is 58.0 cm³/mol. The molecule has 0 aromatic heterocycles. The van der Waals surface area contributed by atoms with Crippen molar-refractivity contribution in [3.8, 4) is 0 Å². The SMILES string of the molecule is [CH2-]C1C(=O)Sc2ccccc2C(=O)N1[CH2-].[Y]. The van der Waals surface area contributed by atoms with Crippen LogP contribution in [0.15, 0.2) is 29.2 Å². The second-order valence-corrected chi connectivity index (χ2v) is 4.25. The fourth-order valence-corrected chi connectivity index (χ4v) is 2.22. The van der Waals surface area contributed by atoms with E-state index in [9.17, 15) is 9.59 Å². The minimum Gasteiger partial charge on any atom is -0.507 e. The standard InChI is InChI=1S/C11H9NO2S.Y/c1-7-11(14)15-9-6-4-3-5-8(9)10(13)12(7)2;/h3-7H,1-2H2;/q-2;. The second kappa shape index (κ2) is 5.43. The number of carbonyl (C=O) groups is 2. The first-order valence-corrected chi connectivity index (χ1v) is 5.21. The molecule has 2 rings (SSSR count). The van der Waals surface area contributed by atoms with Crippen molar-refractivity contribution in [2.45, 2.75) is 10.9 Å². The summed E-state index contributed by atoms with van der Waals surface area (Å²) < 4.78 is 0. The number of rotatable bonds is 0. The zero-order valence-electron chi connectivity index (χ0n) is 8.55. The van der Waals surface area contributed by atoms with E-state index in [4.69, 9.17) is 0 Å². The van der Waals surface area contributed by atoms with E-state index in [1.54, 1.807) is 24.3 Å². The fourth-order valence-electron chi connectivity index (χ4n) is 1.33. The Morgan fingerprint density at radius 3 is 2.56 bits per heavy atom. The smallest absolute Gasteiger partial charge is 0.224 e. The maximum atomic E-state index is 11.9. The van der Waals surface area contributed by atoms with E-state index in [0.717, 1.165) is 16.7 Å². The number of thioether (sulfide) groups is 1. The molecule has 1 atom stereocenters. The zero-order chi connectivity index (χ0) is 11.0. The van der Waals surface area contributed by atoms with Crippen molar-refractivity contribution < 1.29 is 42.3 Å². The number of nitrogens with zero attached hydrogens (tertiary/aromatic N) is 1. The molecule has 5 heteroatoms. The molecule has 1 amide bonds. The first-order valence-electron chi connectivity index (χ1n) is 4.39. The van der Waals surface area contributed by atoms with E-state index in [1.165, 1.54) is 0 Å². The van der Waals surface area contributed by atoms with E-state index < -0.39 is 6.04 Å². The van der Waals surface area contributed by atoms with Gasteiger partial charge in [0.2, 0.25) is 5.91 Å². The van der Waals surface area contributed by atoms with Crippen LogP contribution in [-0.4, -0.2) is 22.0 Å². The molecule has 0 bridgehead atoms. The van der Waals surface area contributed by atoms with Crippen LogP contribution < -0.4 is 0 Å². The molecular formula is C11H9NO2SY-2.